The summed E-state index contributed by atoms with van der Waals surface area (Å²) in [6.45, 7) is 6.17. The van der Waals surface area contributed by atoms with E-state index in [4.69, 9.17) is 15.0 Å². The van der Waals surface area contributed by atoms with Gasteiger partial charge in [0.15, 0.2) is 17.7 Å². The number of quaternary nitrogens is 1. The average molecular weight is 425 g/mol. The zero-order valence-electron chi connectivity index (χ0n) is 17.7. The molecule has 3 aliphatic rings. The van der Waals surface area contributed by atoms with Crippen molar-refractivity contribution in [2.24, 2.45) is 20.9 Å². The standard InChI is InChI=1S/C21H25N6O4/c1-20(2,3)31-19(28)26-10-8-21(29,9-11-26)7-6-15-14-27(22)17(13-23-15)24-18(25-27)16-5-4-12-30-16/h4-5,12-14,29H,8-11,22H2,1-3H3/q+1. The Morgan fingerprint density at radius 2 is 2.13 bits per heavy atom. The fraction of sp³-hybridized carbons (Fsp3) is 0.429. The highest BCUT2D eigenvalue weighted by Gasteiger charge is 2.40. The van der Waals surface area contributed by atoms with E-state index in [1.807, 2.05) is 20.8 Å². The number of ether oxygens (including phenoxy) is 1. The van der Waals surface area contributed by atoms with Crippen molar-refractivity contribution in [2.75, 3.05) is 13.1 Å². The maximum Gasteiger partial charge on any atom is 0.410 e. The van der Waals surface area contributed by atoms with E-state index >= 15 is 0 Å². The molecule has 3 N–H and O–H groups in total. The zero-order chi connectivity index (χ0) is 22.3. The van der Waals surface area contributed by atoms with Gasteiger partial charge in [0.25, 0.3) is 11.7 Å². The maximum absolute atomic E-state index is 12.2. The van der Waals surface area contributed by atoms with Crippen molar-refractivity contribution < 1.29 is 23.8 Å². The number of furan rings is 1. The maximum atomic E-state index is 12.2. The van der Waals surface area contributed by atoms with Crippen LogP contribution in [-0.2, 0) is 4.74 Å². The van der Waals surface area contributed by atoms with E-state index in [-0.39, 0.29) is 6.09 Å². The van der Waals surface area contributed by atoms with Crippen molar-refractivity contribution in [2.45, 2.75) is 44.8 Å². The third kappa shape index (κ3) is 4.59. The topological polar surface area (TPSA) is 126 Å². The van der Waals surface area contributed by atoms with Gasteiger partial charge in [0.1, 0.15) is 17.4 Å². The quantitative estimate of drug-likeness (QED) is 0.403. The van der Waals surface area contributed by atoms with Crippen molar-refractivity contribution in [3.63, 3.8) is 0 Å². The predicted molar refractivity (Wildman–Crippen MR) is 113 cm³/mol. The number of amides is 1. The van der Waals surface area contributed by atoms with Crippen molar-refractivity contribution >= 4 is 24.0 Å². The van der Waals surface area contributed by atoms with Crippen molar-refractivity contribution in [1.82, 2.24) is 4.90 Å². The molecule has 31 heavy (non-hydrogen) atoms. The van der Waals surface area contributed by atoms with Gasteiger partial charge < -0.3 is 19.2 Å². The lowest BCUT2D eigenvalue weighted by Crippen LogP contribution is -2.50. The number of amidine groups is 2. The van der Waals surface area contributed by atoms with Gasteiger partial charge in [-0.05, 0) is 48.6 Å². The Balaban J connectivity index is 1.43. The largest absolute Gasteiger partial charge is 0.461 e. The second kappa shape index (κ2) is 7.46. The molecule has 4 rings (SSSR count). The summed E-state index contributed by atoms with van der Waals surface area (Å²) in [4.78, 5) is 22.4. The van der Waals surface area contributed by atoms with Gasteiger partial charge in [0.05, 0.1) is 6.26 Å². The number of hydrogen-bond donors (Lipinski definition) is 2. The third-order valence-corrected chi connectivity index (χ3v) is 4.89. The summed E-state index contributed by atoms with van der Waals surface area (Å²) in [6, 6.07) is 3.49. The molecule has 0 bridgehead atoms. The molecule has 0 saturated carbocycles. The Labute approximate surface area is 179 Å². The van der Waals surface area contributed by atoms with Gasteiger partial charge in [-0.3, -0.25) is 0 Å². The Kier molecular flexibility index (Phi) is 5.05. The van der Waals surface area contributed by atoms with E-state index in [1.54, 1.807) is 23.2 Å². The van der Waals surface area contributed by atoms with Crippen LogP contribution < -0.4 is 5.84 Å². The molecule has 3 aliphatic heterocycles. The molecule has 0 aliphatic carbocycles. The number of hydrogen-bond acceptors (Lipinski definition) is 8. The molecular formula is C21H25N6O4+. The molecule has 4 heterocycles. The van der Waals surface area contributed by atoms with Crippen LogP contribution in [0.3, 0.4) is 0 Å². The minimum Gasteiger partial charge on any atom is -0.461 e. The van der Waals surface area contributed by atoms with Gasteiger partial charge in [-0.15, -0.1) is 5.84 Å². The summed E-state index contributed by atoms with van der Waals surface area (Å²) < 4.78 is 10.3. The Morgan fingerprint density at radius 1 is 1.39 bits per heavy atom. The number of aliphatic imine (C=N–C) groups is 2. The molecule has 10 nitrogen and oxygen atoms in total. The number of likely N-dealkylation sites (tertiary alicyclic amines) is 1. The van der Waals surface area contributed by atoms with Crippen LogP contribution >= 0.6 is 0 Å². The van der Waals surface area contributed by atoms with Crippen molar-refractivity contribution in [1.29, 1.82) is 0 Å². The number of nitrogens with zero attached hydrogens (tertiary/aromatic N) is 5. The lowest BCUT2D eigenvalue weighted by molar-refractivity contribution is -0.803. The molecule has 0 radical (unpaired) electrons. The number of carbonyl (C=O) groups is 1. The molecule has 1 unspecified atom stereocenters. The average Bonchev–Trinajstić information content (AvgIpc) is 3.32. The van der Waals surface area contributed by atoms with E-state index < -0.39 is 15.9 Å². The fourth-order valence-electron chi connectivity index (χ4n) is 3.25. The highest BCUT2D eigenvalue weighted by Crippen LogP contribution is 2.24. The summed E-state index contributed by atoms with van der Waals surface area (Å²) in [5.41, 5.74) is -1.42. The second-order valence-electron chi connectivity index (χ2n) is 8.63. The van der Waals surface area contributed by atoms with Crippen LogP contribution in [0.5, 0.6) is 0 Å². The molecule has 1 atom stereocenters. The molecule has 10 heteroatoms. The number of aliphatic hydroxyl groups is 1. The summed E-state index contributed by atoms with van der Waals surface area (Å²) in [5, 5.41) is 15.2. The van der Waals surface area contributed by atoms with Gasteiger partial charge >= 0.3 is 6.09 Å². The molecular weight excluding hydrogens is 400 g/mol. The molecule has 0 spiro atoms. The zero-order valence-corrected chi connectivity index (χ0v) is 17.7. The van der Waals surface area contributed by atoms with Gasteiger partial charge in [0, 0.05) is 25.9 Å². The number of carbonyl (C=O) groups excluding carboxylic acids is 1. The minimum atomic E-state index is -1.23. The van der Waals surface area contributed by atoms with Gasteiger partial charge in [-0.2, -0.15) is 4.99 Å². The molecule has 1 saturated heterocycles. The van der Waals surface area contributed by atoms with Crippen LogP contribution in [0.2, 0.25) is 0 Å². The van der Waals surface area contributed by atoms with Crippen LogP contribution in [0.1, 0.15) is 39.4 Å². The van der Waals surface area contributed by atoms with E-state index in [1.165, 1.54) is 12.5 Å². The molecule has 1 aromatic rings. The first-order valence-electron chi connectivity index (χ1n) is 9.96. The number of allylic oxidation sites excluding steroid dienone is 1. The number of piperidine rings is 1. The first-order chi connectivity index (χ1) is 14.6. The summed E-state index contributed by atoms with van der Waals surface area (Å²) in [5.74, 6) is 13.4. The smallest absolute Gasteiger partial charge is 0.410 e. The first-order valence-corrected chi connectivity index (χ1v) is 9.96. The van der Waals surface area contributed by atoms with E-state index in [9.17, 15) is 9.90 Å². The Hall–Kier alpha value is -3.26. The van der Waals surface area contributed by atoms with E-state index in [0.29, 0.717) is 49.1 Å². The summed E-state index contributed by atoms with van der Waals surface area (Å²) >= 11 is 0. The van der Waals surface area contributed by atoms with Crippen LogP contribution in [0.4, 0.5) is 4.79 Å². The van der Waals surface area contributed by atoms with E-state index in [2.05, 4.69) is 26.9 Å². The first kappa shape index (κ1) is 21.0. The normalized spacial score (nSPS) is 24.4. The number of nitrogens with two attached hydrogens (primary N) is 1. The van der Waals surface area contributed by atoms with Crippen molar-refractivity contribution in [3.05, 3.63) is 36.1 Å². The highest BCUT2D eigenvalue weighted by molar-refractivity contribution is 6.31. The Morgan fingerprint density at radius 3 is 2.77 bits per heavy atom. The van der Waals surface area contributed by atoms with Crippen molar-refractivity contribution in [3.8, 4) is 11.8 Å². The van der Waals surface area contributed by atoms with E-state index in [0.717, 1.165) is 0 Å². The van der Waals surface area contributed by atoms with Crippen LogP contribution in [0.25, 0.3) is 0 Å². The molecule has 162 valence electrons. The third-order valence-electron chi connectivity index (χ3n) is 4.89. The summed E-state index contributed by atoms with van der Waals surface area (Å²) in [6.07, 6.45) is 4.83. The monoisotopic (exact) mass is 425 g/mol. The van der Waals surface area contributed by atoms with Crippen LogP contribution in [0, 0.1) is 11.8 Å². The Bertz CT molecular complexity index is 1060. The van der Waals surface area contributed by atoms with Crippen LogP contribution in [0.15, 0.2) is 49.8 Å². The van der Waals surface area contributed by atoms with Gasteiger partial charge in [-0.25, -0.2) is 9.79 Å². The molecule has 1 amide bonds. The lowest BCUT2D eigenvalue weighted by atomic mass is 9.92. The van der Waals surface area contributed by atoms with Gasteiger partial charge in [0.2, 0.25) is 0 Å². The fourth-order valence-corrected chi connectivity index (χ4v) is 3.25. The lowest BCUT2D eigenvalue weighted by Gasteiger charge is -2.35. The molecule has 0 aromatic carbocycles. The van der Waals surface area contributed by atoms with Gasteiger partial charge in [-0.1, -0.05) is 5.92 Å². The molecule has 1 aromatic heterocycles. The number of fused-ring (bicyclic) bond motifs is 1. The summed E-state index contributed by atoms with van der Waals surface area (Å²) in [7, 11) is 0. The minimum absolute atomic E-state index is 0.312. The predicted octanol–water partition coefficient (Wildman–Crippen LogP) is 1.74. The van der Waals surface area contributed by atoms with Crippen LogP contribution in [-0.4, -0.2) is 63.0 Å². The number of rotatable bonds is 1. The second-order valence-corrected chi connectivity index (χ2v) is 8.63. The highest BCUT2D eigenvalue weighted by atomic mass is 16.6. The SMILES string of the molecule is CC(C)(C)OC(=O)N1CCC(O)(C#CC2=C[N+]3(N)N=C(c4ccco4)N=C3C=N2)CC1. The molecule has 1 fully saturated rings.